The van der Waals surface area contributed by atoms with Gasteiger partial charge in [-0.15, -0.1) is 0 Å². The van der Waals surface area contributed by atoms with E-state index in [2.05, 4.69) is 10.1 Å². The van der Waals surface area contributed by atoms with Gasteiger partial charge in [0, 0.05) is 10.6 Å². The van der Waals surface area contributed by atoms with Crippen molar-refractivity contribution in [2.45, 2.75) is 6.54 Å². The van der Waals surface area contributed by atoms with Crippen molar-refractivity contribution in [1.82, 2.24) is 10.1 Å². The number of nitrogens with one attached hydrogen (secondary N) is 2. The molecule has 0 amide bonds. The van der Waals surface area contributed by atoms with E-state index >= 15 is 0 Å². The Morgan fingerprint density at radius 1 is 0.929 bits per heavy atom. The Bertz CT molecular complexity index is 862. The molecule has 0 bridgehead atoms. The van der Waals surface area contributed by atoms with Crippen LogP contribution in [0.15, 0.2) is 59.1 Å². The van der Waals surface area contributed by atoms with Crippen molar-refractivity contribution in [2.75, 3.05) is 39.3 Å². The summed E-state index contributed by atoms with van der Waals surface area (Å²) in [6, 6.07) is 17.5. The summed E-state index contributed by atoms with van der Waals surface area (Å²) in [6.07, 6.45) is 0. The highest BCUT2D eigenvalue weighted by molar-refractivity contribution is 6.30. The molecule has 0 atom stereocenters. The lowest BCUT2D eigenvalue weighted by Gasteiger charge is -2.28. The summed E-state index contributed by atoms with van der Waals surface area (Å²) in [6.45, 7) is 7.01. The Morgan fingerprint density at radius 2 is 1.64 bits per heavy atom. The summed E-state index contributed by atoms with van der Waals surface area (Å²) in [5, 5.41) is 4.80. The zero-order chi connectivity index (χ0) is 19.2. The molecule has 0 spiro atoms. The van der Waals surface area contributed by atoms with Gasteiger partial charge in [-0.2, -0.15) is 4.98 Å². The smallest absolute Gasteiger partial charge is 0.282 e. The Balaban J connectivity index is 1.21. The molecule has 2 aromatic carbocycles. The highest BCUT2D eigenvalue weighted by Gasteiger charge is 2.24. The second-order valence-electron chi connectivity index (χ2n) is 7.11. The van der Waals surface area contributed by atoms with E-state index < -0.39 is 0 Å². The lowest BCUT2D eigenvalue weighted by atomic mass is 10.2. The van der Waals surface area contributed by atoms with Gasteiger partial charge in [0.05, 0.1) is 0 Å². The number of aromatic nitrogens is 2. The molecular formula is C21H25ClN4O2+2. The maximum atomic E-state index is 5.93. The van der Waals surface area contributed by atoms with Crippen LogP contribution in [0.5, 0.6) is 5.75 Å². The van der Waals surface area contributed by atoms with Gasteiger partial charge in [0.25, 0.3) is 5.89 Å². The molecule has 0 radical (unpaired) electrons. The molecule has 3 aromatic rings. The van der Waals surface area contributed by atoms with Crippen molar-refractivity contribution in [2.24, 2.45) is 0 Å². The summed E-state index contributed by atoms with van der Waals surface area (Å²) in [5.74, 6) is 2.25. The van der Waals surface area contributed by atoms with Crippen molar-refractivity contribution in [3.63, 3.8) is 0 Å². The first-order chi connectivity index (χ1) is 13.8. The molecule has 7 heteroatoms. The molecule has 1 aliphatic heterocycles. The number of benzene rings is 2. The second-order valence-corrected chi connectivity index (χ2v) is 7.54. The van der Waals surface area contributed by atoms with Crippen molar-refractivity contribution in [3.05, 3.63) is 65.5 Å². The van der Waals surface area contributed by atoms with E-state index in [9.17, 15) is 0 Å². The van der Waals surface area contributed by atoms with Gasteiger partial charge in [0.1, 0.15) is 45.1 Å². The highest BCUT2D eigenvalue weighted by atomic mass is 35.5. The predicted molar refractivity (Wildman–Crippen MR) is 107 cm³/mol. The molecule has 4 rings (SSSR count). The molecule has 1 aromatic heterocycles. The van der Waals surface area contributed by atoms with E-state index in [1.165, 1.54) is 4.90 Å². The normalized spacial score (nSPS) is 19.5. The summed E-state index contributed by atoms with van der Waals surface area (Å²) < 4.78 is 11.3. The fraction of sp³-hybridized carbons (Fsp3) is 0.333. The number of ether oxygens (including phenoxy) is 1. The quantitative estimate of drug-likeness (QED) is 0.614. The maximum absolute atomic E-state index is 5.93. The molecular weight excluding hydrogens is 376 g/mol. The van der Waals surface area contributed by atoms with Gasteiger partial charge >= 0.3 is 0 Å². The molecule has 6 nitrogen and oxygen atoms in total. The number of hydrogen-bond acceptors (Lipinski definition) is 4. The molecule has 1 fully saturated rings. The number of rotatable bonds is 7. The van der Waals surface area contributed by atoms with Crippen LogP contribution in [0.25, 0.3) is 11.4 Å². The van der Waals surface area contributed by atoms with Crippen molar-refractivity contribution in [3.8, 4) is 17.1 Å². The first-order valence-electron chi connectivity index (χ1n) is 9.70. The molecule has 146 valence electrons. The van der Waals surface area contributed by atoms with Crippen molar-refractivity contribution in [1.29, 1.82) is 0 Å². The monoisotopic (exact) mass is 400 g/mol. The minimum Gasteiger partial charge on any atom is -0.488 e. The van der Waals surface area contributed by atoms with Crippen LogP contribution >= 0.6 is 11.6 Å². The standard InChI is InChI=1S/C21H23ClN4O2/c22-18-8-6-17(7-9-18)21-23-20(28-24-21)16-26-12-10-25(11-13-26)14-15-27-19-4-2-1-3-5-19/h1-9H,10-16H2/p+2. The Morgan fingerprint density at radius 3 is 2.39 bits per heavy atom. The third-order valence-corrected chi connectivity index (χ3v) is 5.36. The van der Waals surface area contributed by atoms with Crippen LogP contribution in [0.3, 0.4) is 0 Å². The molecule has 28 heavy (non-hydrogen) atoms. The molecule has 0 unspecified atom stereocenters. The van der Waals surface area contributed by atoms with Crippen molar-refractivity contribution >= 4 is 11.6 Å². The van der Waals surface area contributed by atoms with E-state index in [1.54, 1.807) is 4.90 Å². The Hall–Kier alpha value is -2.41. The average molecular weight is 401 g/mol. The Labute approximate surface area is 169 Å². The zero-order valence-corrected chi connectivity index (χ0v) is 16.5. The van der Waals surface area contributed by atoms with Gasteiger partial charge in [0.15, 0.2) is 6.54 Å². The van der Waals surface area contributed by atoms with Crippen LogP contribution in [0.1, 0.15) is 5.89 Å². The van der Waals surface area contributed by atoms with E-state index in [1.807, 2.05) is 54.6 Å². The molecule has 1 aliphatic rings. The first kappa shape index (κ1) is 18.9. The van der Waals surface area contributed by atoms with Crippen LogP contribution < -0.4 is 14.5 Å². The predicted octanol–water partition coefficient (Wildman–Crippen LogP) is 0.752. The van der Waals surface area contributed by atoms with Crippen LogP contribution in [0, 0.1) is 0 Å². The van der Waals surface area contributed by atoms with Crippen LogP contribution in [-0.2, 0) is 6.54 Å². The van der Waals surface area contributed by atoms with Crippen LogP contribution in [0.4, 0.5) is 0 Å². The lowest BCUT2D eigenvalue weighted by Crippen LogP contribution is -3.27. The summed E-state index contributed by atoms with van der Waals surface area (Å²) in [5.41, 5.74) is 0.919. The van der Waals surface area contributed by atoms with Crippen LogP contribution in [-0.4, -0.2) is 49.5 Å². The van der Waals surface area contributed by atoms with Crippen LogP contribution in [0.2, 0.25) is 5.02 Å². The summed E-state index contributed by atoms with van der Waals surface area (Å²) >= 11 is 5.93. The highest BCUT2D eigenvalue weighted by Crippen LogP contribution is 2.18. The Kier molecular flexibility index (Phi) is 6.21. The fourth-order valence-corrected chi connectivity index (χ4v) is 3.60. The van der Waals surface area contributed by atoms with Gasteiger partial charge in [-0.25, -0.2) is 0 Å². The number of piperazine rings is 1. The molecule has 0 saturated carbocycles. The SMILES string of the molecule is Clc1ccc(-c2noc(C[NH+]3CC[NH+](CCOc4ccccc4)CC3)n2)cc1. The molecule has 2 heterocycles. The van der Waals surface area contributed by atoms with E-state index in [0.717, 1.165) is 57.2 Å². The third kappa shape index (κ3) is 5.10. The van der Waals surface area contributed by atoms with Gasteiger partial charge < -0.3 is 19.1 Å². The number of quaternary nitrogens is 2. The number of nitrogens with zero attached hydrogens (tertiary/aromatic N) is 2. The van der Waals surface area contributed by atoms with Gasteiger partial charge in [-0.1, -0.05) is 35.0 Å². The maximum Gasteiger partial charge on any atom is 0.282 e. The van der Waals surface area contributed by atoms with E-state index in [4.69, 9.17) is 20.9 Å². The first-order valence-corrected chi connectivity index (χ1v) is 10.1. The third-order valence-electron chi connectivity index (χ3n) is 5.10. The van der Waals surface area contributed by atoms with E-state index in [-0.39, 0.29) is 0 Å². The zero-order valence-electron chi connectivity index (χ0n) is 15.7. The van der Waals surface area contributed by atoms with Gasteiger partial charge in [-0.3, -0.25) is 0 Å². The summed E-state index contributed by atoms with van der Waals surface area (Å²) in [7, 11) is 0. The molecule has 0 aliphatic carbocycles. The molecule has 2 N–H and O–H groups in total. The molecule has 1 saturated heterocycles. The fourth-order valence-electron chi connectivity index (χ4n) is 3.47. The minimum absolute atomic E-state index is 0.619. The van der Waals surface area contributed by atoms with Gasteiger partial charge in [0.2, 0.25) is 5.82 Å². The number of hydrogen-bond donors (Lipinski definition) is 2. The summed E-state index contributed by atoms with van der Waals surface area (Å²) in [4.78, 5) is 7.61. The van der Waals surface area contributed by atoms with E-state index in [0.29, 0.717) is 16.7 Å². The lowest BCUT2D eigenvalue weighted by molar-refractivity contribution is -1.02. The number of halogens is 1. The largest absolute Gasteiger partial charge is 0.488 e. The topological polar surface area (TPSA) is 57.0 Å². The van der Waals surface area contributed by atoms with Crippen molar-refractivity contribution < 1.29 is 19.1 Å². The minimum atomic E-state index is 0.619. The van der Waals surface area contributed by atoms with Gasteiger partial charge in [-0.05, 0) is 36.4 Å². The second kappa shape index (κ2) is 9.19. The average Bonchev–Trinajstić information content (AvgIpc) is 3.19. The number of para-hydroxylation sites is 1.